The Kier molecular flexibility index (Phi) is 5.18. The predicted octanol–water partition coefficient (Wildman–Crippen LogP) is 4.14. The first-order valence-electron chi connectivity index (χ1n) is 10.5. The molecule has 0 radical (unpaired) electrons. The average Bonchev–Trinajstić information content (AvgIpc) is 2.79. The SMILES string of the molecule is O=C(Nc1ccccc1)N1CCc2ccc(Oc3ccnc4c3CCC(O)N4)cc2C1. The Hall–Kier alpha value is -3.58. The molecule has 158 valence electrons. The van der Waals surface area contributed by atoms with Crippen molar-refractivity contribution in [2.45, 2.75) is 32.0 Å². The van der Waals surface area contributed by atoms with Gasteiger partial charge in [0.05, 0.1) is 0 Å². The minimum atomic E-state index is -0.577. The quantitative estimate of drug-likeness (QED) is 0.597. The Morgan fingerprint density at radius 1 is 1.13 bits per heavy atom. The summed E-state index contributed by atoms with van der Waals surface area (Å²) in [5.74, 6) is 2.13. The standard InChI is InChI=1S/C24H24N4O3/c29-22-9-8-20-21(10-12-25-23(20)27-22)31-19-7-6-16-11-13-28(15-17(16)14-19)24(30)26-18-4-2-1-3-5-18/h1-7,10,12,14,22,29H,8-9,11,13,15H2,(H,25,27)(H,26,30). The largest absolute Gasteiger partial charge is 0.457 e. The van der Waals surface area contributed by atoms with E-state index in [4.69, 9.17) is 4.74 Å². The van der Waals surface area contributed by atoms with Crippen LogP contribution in [0.2, 0.25) is 0 Å². The van der Waals surface area contributed by atoms with Gasteiger partial charge in [0, 0.05) is 30.5 Å². The van der Waals surface area contributed by atoms with Crippen LogP contribution in [0.15, 0.2) is 60.8 Å². The molecule has 2 aliphatic rings. The van der Waals surface area contributed by atoms with Crippen molar-refractivity contribution in [3.8, 4) is 11.5 Å². The number of hydrogen-bond acceptors (Lipinski definition) is 5. The van der Waals surface area contributed by atoms with Crippen molar-refractivity contribution in [2.75, 3.05) is 17.2 Å². The van der Waals surface area contributed by atoms with E-state index < -0.39 is 6.23 Å². The van der Waals surface area contributed by atoms with Crippen LogP contribution < -0.4 is 15.4 Å². The molecule has 31 heavy (non-hydrogen) atoms. The van der Waals surface area contributed by atoms with Gasteiger partial charge in [-0.1, -0.05) is 24.3 Å². The number of aliphatic hydroxyl groups excluding tert-OH is 1. The minimum absolute atomic E-state index is 0.101. The first-order chi connectivity index (χ1) is 15.2. The summed E-state index contributed by atoms with van der Waals surface area (Å²) in [6.45, 7) is 1.21. The van der Waals surface area contributed by atoms with Crippen LogP contribution in [0.4, 0.5) is 16.3 Å². The molecule has 0 saturated carbocycles. The highest BCUT2D eigenvalue weighted by Crippen LogP contribution is 2.34. The molecule has 2 amide bonds. The lowest BCUT2D eigenvalue weighted by molar-refractivity contribution is 0.188. The van der Waals surface area contributed by atoms with E-state index in [1.165, 1.54) is 5.56 Å². The molecule has 0 aliphatic carbocycles. The molecule has 0 spiro atoms. The third-order valence-electron chi connectivity index (χ3n) is 5.71. The number of amides is 2. The number of nitrogens with zero attached hydrogens (tertiary/aromatic N) is 2. The molecular weight excluding hydrogens is 392 g/mol. The number of fused-ring (bicyclic) bond motifs is 2. The van der Waals surface area contributed by atoms with Gasteiger partial charge in [-0.25, -0.2) is 9.78 Å². The van der Waals surface area contributed by atoms with Gasteiger partial charge in [0.25, 0.3) is 0 Å². The molecule has 3 N–H and O–H groups in total. The fourth-order valence-electron chi connectivity index (χ4n) is 4.07. The van der Waals surface area contributed by atoms with Gasteiger partial charge in [-0.15, -0.1) is 0 Å². The lowest BCUT2D eigenvalue weighted by Crippen LogP contribution is -2.38. The molecule has 2 aromatic carbocycles. The summed E-state index contributed by atoms with van der Waals surface area (Å²) in [6.07, 6.45) is 3.22. The maximum Gasteiger partial charge on any atom is 0.322 e. The molecule has 7 nitrogen and oxygen atoms in total. The number of ether oxygens (including phenoxy) is 1. The van der Waals surface area contributed by atoms with Crippen LogP contribution in [0.5, 0.6) is 11.5 Å². The zero-order valence-electron chi connectivity index (χ0n) is 17.0. The summed E-state index contributed by atoms with van der Waals surface area (Å²) in [7, 11) is 0. The van der Waals surface area contributed by atoms with Crippen LogP contribution in [0.3, 0.4) is 0 Å². The summed E-state index contributed by atoms with van der Waals surface area (Å²) in [5.41, 5.74) is 4.08. The van der Waals surface area contributed by atoms with E-state index in [2.05, 4.69) is 21.7 Å². The minimum Gasteiger partial charge on any atom is -0.457 e. The van der Waals surface area contributed by atoms with E-state index in [0.717, 1.165) is 34.7 Å². The maximum atomic E-state index is 12.7. The Bertz CT molecular complexity index is 1100. The molecule has 1 atom stereocenters. The molecule has 0 saturated heterocycles. The highest BCUT2D eigenvalue weighted by molar-refractivity contribution is 5.89. The lowest BCUT2D eigenvalue weighted by atomic mass is 9.99. The zero-order valence-corrected chi connectivity index (χ0v) is 17.0. The number of aromatic nitrogens is 1. The topological polar surface area (TPSA) is 86.7 Å². The van der Waals surface area contributed by atoms with Crippen molar-refractivity contribution in [1.82, 2.24) is 9.88 Å². The summed E-state index contributed by atoms with van der Waals surface area (Å²) in [4.78, 5) is 18.8. The molecule has 3 aromatic rings. The second-order valence-electron chi connectivity index (χ2n) is 7.84. The number of para-hydroxylation sites is 1. The van der Waals surface area contributed by atoms with E-state index >= 15 is 0 Å². The highest BCUT2D eigenvalue weighted by Gasteiger charge is 2.23. The van der Waals surface area contributed by atoms with Gasteiger partial charge in [-0.2, -0.15) is 0 Å². The normalized spacial score (nSPS) is 17.2. The lowest BCUT2D eigenvalue weighted by Gasteiger charge is -2.29. The van der Waals surface area contributed by atoms with E-state index in [9.17, 15) is 9.90 Å². The van der Waals surface area contributed by atoms with Gasteiger partial charge in [0.2, 0.25) is 0 Å². The van der Waals surface area contributed by atoms with Crippen molar-refractivity contribution in [1.29, 1.82) is 0 Å². The predicted molar refractivity (Wildman–Crippen MR) is 118 cm³/mol. The number of nitrogens with one attached hydrogen (secondary N) is 2. The third kappa shape index (κ3) is 4.18. The van der Waals surface area contributed by atoms with Crippen LogP contribution in [0, 0.1) is 0 Å². The second kappa shape index (κ2) is 8.28. The second-order valence-corrected chi connectivity index (χ2v) is 7.84. The van der Waals surface area contributed by atoms with Gasteiger partial charge in [-0.3, -0.25) is 0 Å². The number of benzene rings is 2. The number of aliphatic hydroxyl groups is 1. The van der Waals surface area contributed by atoms with Crippen LogP contribution >= 0.6 is 0 Å². The van der Waals surface area contributed by atoms with Gasteiger partial charge >= 0.3 is 6.03 Å². The van der Waals surface area contributed by atoms with Crippen molar-refractivity contribution in [3.63, 3.8) is 0 Å². The van der Waals surface area contributed by atoms with Crippen LogP contribution in [-0.4, -0.2) is 33.8 Å². The first-order valence-corrected chi connectivity index (χ1v) is 10.5. The fourth-order valence-corrected chi connectivity index (χ4v) is 4.07. The number of carbonyl (C=O) groups is 1. The molecule has 5 rings (SSSR count). The zero-order chi connectivity index (χ0) is 21.2. The van der Waals surface area contributed by atoms with Crippen molar-refractivity contribution in [2.24, 2.45) is 0 Å². The summed E-state index contributed by atoms with van der Waals surface area (Å²) >= 11 is 0. The number of urea groups is 1. The van der Waals surface area contributed by atoms with Crippen LogP contribution in [0.1, 0.15) is 23.1 Å². The monoisotopic (exact) mass is 416 g/mol. The summed E-state index contributed by atoms with van der Waals surface area (Å²) in [5, 5.41) is 15.7. The Balaban J connectivity index is 1.32. The van der Waals surface area contributed by atoms with Gasteiger partial charge < -0.3 is 25.4 Å². The van der Waals surface area contributed by atoms with E-state index in [-0.39, 0.29) is 6.03 Å². The van der Waals surface area contributed by atoms with Crippen molar-refractivity contribution < 1.29 is 14.6 Å². The number of carbonyl (C=O) groups excluding carboxylic acids is 1. The molecule has 7 heteroatoms. The first kappa shape index (κ1) is 19.4. The average molecular weight is 416 g/mol. The van der Waals surface area contributed by atoms with Crippen LogP contribution in [-0.2, 0) is 19.4 Å². The highest BCUT2D eigenvalue weighted by atomic mass is 16.5. The fraction of sp³-hybridized carbons (Fsp3) is 0.250. The van der Waals surface area contributed by atoms with Crippen molar-refractivity contribution >= 4 is 17.5 Å². The number of anilines is 2. The molecule has 2 aliphatic heterocycles. The molecule has 1 unspecified atom stereocenters. The van der Waals surface area contributed by atoms with Gasteiger partial charge in [-0.05, 0) is 60.7 Å². The number of rotatable bonds is 3. The Morgan fingerprint density at radius 3 is 2.87 bits per heavy atom. The summed E-state index contributed by atoms with van der Waals surface area (Å²) in [6, 6.07) is 17.3. The molecule has 3 heterocycles. The van der Waals surface area contributed by atoms with Gasteiger partial charge in [0.15, 0.2) is 0 Å². The van der Waals surface area contributed by atoms with Gasteiger partial charge in [0.1, 0.15) is 23.5 Å². The molecule has 0 fully saturated rings. The number of hydrogen-bond donors (Lipinski definition) is 3. The maximum absolute atomic E-state index is 12.7. The summed E-state index contributed by atoms with van der Waals surface area (Å²) < 4.78 is 6.19. The number of pyridine rings is 1. The molecular formula is C24H24N4O3. The molecule has 0 bridgehead atoms. The van der Waals surface area contributed by atoms with E-state index in [0.29, 0.717) is 31.7 Å². The van der Waals surface area contributed by atoms with Crippen LogP contribution in [0.25, 0.3) is 0 Å². The van der Waals surface area contributed by atoms with E-state index in [1.807, 2.05) is 53.4 Å². The smallest absolute Gasteiger partial charge is 0.322 e. The van der Waals surface area contributed by atoms with Crippen molar-refractivity contribution in [3.05, 3.63) is 77.5 Å². The van der Waals surface area contributed by atoms with E-state index in [1.54, 1.807) is 6.20 Å². The third-order valence-corrected chi connectivity index (χ3v) is 5.71. The molecule has 1 aromatic heterocycles. The Labute approximate surface area is 180 Å². The Morgan fingerprint density at radius 2 is 2.00 bits per heavy atom.